The third-order valence-electron chi connectivity index (χ3n) is 4.27. The van der Waals surface area contributed by atoms with Gasteiger partial charge >= 0.3 is 0 Å². The second kappa shape index (κ2) is 4.39. The molecule has 2 atom stereocenters. The SMILES string of the molecule is CC1(C)Oc2ccc(N)cc2[C@@H](N2CCCC2)[C@@H]1O. The highest BCUT2D eigenvalue weighted by molar-refractivity contribution is 5.51. The number of hydrogen-bond donors (Lipinski definition) is 2. The Bertz CT molecular complexity index is 481. The molecule has 0 radical (unpaired) electrons. The third-order valence-corrected chi connectivity index (χ3v) is 4.27. The van der Waals surface area contributed by atoms with Crippen molar-refractivity contribution in [2.45, 2.75) is 44.4 Å². The summed E-state index contributed by atoms with van der Waals surface area (Å²) in [5, 5.41) is 10.7. The molecular weight excluding hydrogens is 240 g/mol. The van der Waals surface area contributed by atoms with E-state index in [1.165, 1.54) is 12.8 Å². The molecule has 2 aliphatic rings. The zero-order valence-corrected chi connectivity index (χ0v) is 11.6. The Hall–Kier alpha value is -1.26. The quantitative estimate of drug-likeness (QED) is 0.759. The van der Waals surface area contributed by atoms with E-state index in [0.29, 0.717) is 0 Å². The zero-order valence-electron chi connectivity index (χ0n) is 11.6. The first-order valence-corrected chi connectivity index (χ1v) is 6.99. The number of likely N-dealkylation sites (tertiary alicyclic amines) is 1. The van der Waals surface area contributed by atoms with Crippen molar-refractivity contribution in [2.75, 3.05) is 18.8 Å². The van der Waals surface area contributed by atoms with Crippen LogP contribution in [0.2, 0.25) is 0 Å². The van der Waals surface area contributed by atoms with E-state index in [-0.39, 0.29) is 6.04 Å². The largest absolute Gasteiger partial charge is 0.485 e. The minimum atomic E-state index is -0.573. The first-order valence-electron chi connectivity index (χ1n) is 6.99. The monoisotopic (exact) mass is 262 g/mol. The van der Waals surface area contributed by atoms with E-state index in [2.05, 4.69) is 4.90 Å². The Kier molecular flexibility index (Phi) is 2.95. The standard InChI is InChI=1S/C15H22N2O2/c1-15(2)14(18)13(17-7-3-4-8-17)11-9-10(16)5-6-12(11)19-15/h5-6,9,13-14,18H,3-4,7-8,16H2,1-2H3/t13-,14+/m1/s1. The van der Waals surface area contributed by atoms with Crippen molar-refractivity contribution < 1.29 is 9.84 Å². The molecule has 0 bridgehead atoms. The molecule has 4 nitrogen and oxygen atoms in total. The molecule has 0 saturated carbocycles. The van der Waals surface area contributed by atoms with Crippen LogP contribution >= 0.6 is 0 Å². The van der Waals surface area contributed by atoms with Crippen LogP contribution in [-0.2, 0) is 0 Å². The van der Waals surface area contributed by atoms with Gasteiger partial charge in [-0.25, -0.2) is 0 Å². The topological polar surface area (TPSA) is 58.7 Å². The van der Waals surface area contributed by atoms with Gasteiger partial charge in [0.15, 0.2) is 0 Å². The molecule has 0 amide bonds. The molecule has 3 rings (SSSR count). The Morgan fingerprint density at radius 2 is 2.00 bits per heavy atom. The second-order valence-corrected chi connectivity index (χ2v) is 6.14. The van der Waals surface area contributed by atoms with Crippen LogP contribution in [0, 0.1) is 0 Å². The molecule has 2 heterocycles. The van der Waals surface area contributed by atoms with Crippen LogP contribution in [0.5, 0.6) is 5.75 Å². The van der Waals surface area contributed by atoms with Crippen LogP contribution in [0.25, 0.3) is 0 Å². The predicted molar refractivity (Wildman–Crippen MR) is 75.1 cm³/mol. The maximum absolute atomic E-state index is 10.7. The van der Waals surface area contributed by atoms with Crippen LogP contribution < -0.4 is 10.5 Å². The smallest absolute Gasteiger partial charge is 0.131 e. The number of fused-ring (bicyclic) bond motifs is 1. The van der Waals surface area contributed by atoms with E-state index < -0.39 is 11.7 Å². The summed E-state index contributed by atoms with van der Waals surface area (Å²) in [4.78, 5) is 2.35. The number of benzene rings is 1. The van der Waals surface area contributed by atoms with Gasteiger partial charge in [-0.1, -0.05) is 0 Å². The fraction of sp³-hybridized carbons (Fsp3) is 0.600. The van der Waals surface area contributed by atoms with Crippen molar-refractivity contribution in [1.82, 2.24) is 4.90 Å². The lowest BCUT2D eigenvalue weighted by atomic mass is 9.85. The van der Waals surface area contributed by atoms with Crippen molar-refractivity contribution in [2.24, 2.45) is 0 Å². The molecule has 1 fully saturated rings. The molecule has 0 aliphatic carbocycles. The minimum absolute atomic E-state index is 0.00949. The Labute approximate surface area is 114 Å². The molecule has 104 valence electrons. The van der Waals surface area contributed by atoms with Crippen LogP contribution in [0.4, 0.5) is 5.69 Å². The van der Waals surface area contributed by atoms with Crippen LogP contribution in [0.1, 0.15) is 38.3 Å². The van der Waals surface area contributed by atoms with Gasteiger partial charge in [0, 0.05) is 11.3 Å². The van der Waals surface area contributed by atoms with Crippen molar-refractivity contribution in [1.29, 1.82) is 0 Å². The molecular formula is C15H22N2O2. The summed E-state index contributed by atoms with van der Waals surface area (Å²) in [7, 11) is 0. The van der Waals surface area contributed by atoms with Gasteiger partial charge < -0.3 is 15.6 Å². The summed E-state index contributed by atoms with van der Waals surface area (Å²) in [6, 6.07) is 5.70. The normalized spacial score (nSPS) is 29.8. The number of nitrogens with zero attached hydrogens (tertiary/aromatic N) is 1. The van der Waals surface area contributed by atoms with Gasteiger partial charge in [0.1, 0.15) is 17.5 Å². The van der Waals surface area contributed by atoms with Crippen LogP contribution in [0.15, 0.2) is 18.2 Å². The average Bonchev–Trinajstić information content (AvgIpc) is 2.85. The third kappa shape index (κ3) is 2.09. The lowest BCUT2D eigenvalue weighted by Crippen LogP contribution is -2.53. The van der Waals surface area contributed by atoms with Gasteiger partial charge in [0.05, 0.1) is 6.04 Å². The summed E-state index contributed by atoms with van der Waals surface area (Å²) in [6.45, 7) is 5.96. The number of aliphatic hydroxyl groups excluding tert-OH is 1. The van der Waals surface area contributed by atoms with E-state index in [1.54, 1.807) is 0 Å². The molecule has 0 spiro atoms. The highest BCUT2D eigenvalue weighted by Crippen LogP contribution is 2.44. The Morgan fingerprint density at radius 3 is 2.68 bits per heavy atom. The summed E-state index contributed by atoms with van der Waals surface area (Å²) in [5.74, 6) is 0.849. The van der Waals surface area contributed by atoms with Gasteiger partial charge in [-0.3, -0.25) is 4.90 Å². The minimum Gasteiger partial charge on any atom is -0.485 e. The average molecular weight is 262 g/mol. The molecule has 3 N–H and O–H groups in total. The van der Waals surface area contributed by atoms with Crippen molar-refractivity contribution >= 4 is 5.69 Å². The number of aliphatic hydroxyl groups is 1. The van der Waals surface area contributed by atoms with Gasteiger partial charge in [-0.2, -0.15) is 0 Å². The zero-order chi connectivity index (χ0) is 13.6. The highest BCUT2D eigenvalue weighted by Gasteiger charge is 2.45. The lowest BCUT2D eigenvalue weighted by Gasteiger charge is -2.45. The molecule has 0 aromatic heterocycles. The predicted octanol–water partition coefficient (Wildman–Crippen LogP) is 1.94. The highest BCUT2D eigenvalue weighted by atomic mass is 16.5. The van der Waals surface area contributed by atoms with Gasteiger partial charge in [0.2, 0.25) is 0 Å². The van der Waals surface area contributed by atoms with E-state index >= 15 is 0 Å². The van der Waals surface area contributed by atoms with Crippen LogP contribution in [0.3, 0.4) is 0 Å². The molecule has 4 heteroatoms. The molecule has 2 aliphatic heterocycles. The number of hydrogen-bond acceptors (Lipinski definition) is 4. The number of anilines is 1. The number of nitrogens with two attached hydrogens (primary N) is 1. The summed E-state index contributed by atoms with van der Waals surface area (Å²) in [6.07, 6.45) is 1.85. The van der Waals surface area contributed by atoms with Crippen molar-refractivity contribution in [3.63, 3.8) is 0 Å². The van der Waals surface area contributed by atoms with E-state index in [0.717, 1.165) is 30.1 Å². The number of nitrogen functional groups attached to an aromatic ring is 1. The molecule has 0 unspecified atom stereocenters. The van der Waals surface area contributed by atoms with E-state index in [4.69, 9.17) is 10.5 Å². The summed E-state index contributed by atoms with van der Waals surface area (Å²) < 4.78 is 5.94. The molecule has 1 aromatic rings. The molecule has 1 aromatic carbocycles. The van der Waals surface area contributed by atoms with Crippen molar-refractivity contribution in [3.8, 4) is 5.75 Å². The summed E-state index contributed by atoms with van der Waals surface area (Å²) in [5.41, 5.74) is 7.07. The first kappa shape index (κ1) is 12.8. The fourth-order valence-electron chi connectivity index (χ4n) is 3.20. The van der Waals surface area contributed by atoms with Gasteiger partial charge in [0.25, 0.3) is 0 Å². The Balaban J connectivity index is 2.07. The maximum atomic E-state index is 10.7. The van der Waals surface area contributed by atoms with Gasteiger partial charge in [-0.15, -0.1) is 0 Å². The summed E-state index contributed by atoms with van der Waals surface area (Å²) >= 11 is 0. The van der Waals surface area contributed by atoms with E-state index in [1.807, 2.05) is 32.0 Å². The van der Waals surface area contributed by atoms with E-state index in [9.17, 15) is 5.11 Å². The fourth-order valence-corrected chi connectivity index (χ4v) is 3.20. The molecule has 19 heavy (non-hydrogen) atoms. The van der Waals surface area contributed by atoms with Crippen LogP contribution in [-0.4, -0.2) is 34.8 Å². The first-order chi connectivity index (χ1) is 8.99. The van der Waals surface area contributed by atoms with Gasteiger partial charge in [-0.05, 0) is 58.0 Å². The number of ether oxygens (including phenoxy) is 1. The Morgan fingerprint density at radius 1 is 1.32 bits per heavy atom. The molecule has 1 saturated heterocycles. The lowest BCUT2D eigenvalue weighted by molar-refractivity contribution is -0.0894. The van der Waals surface area contributed by atoms with Crippen molar-refractivity contribution in [3.05, 3.63) is 23.8 Å². The number of rotatable bonds is 1. The maximum Gasteiger partial charge on any atom is 0.131 e. The second-order valence-electron chi connectivity index (χ2n) is 6.14.